The number of nitrogens with zero attached hydrogens (tertiary/aromatic N) is 2. The zero-order chi connectivity index (χ0) is 13.0. The Kier molecular flexibility index (Phi) is 4.08. The number of hydrogen-bond donors (Lipinski definition) is 2. The highest BCUT2D eigenvalue weighted by atomic mass is 16.5. The van der Waals surface area contributed by atoms with Gasteiger partial charge in [0.2, 0.25) is 0 Å². The zero-order valence-corrected chi connectivity index (χ0v) is 9.77. The fraction of sp³-hybridized carbons (Fsp3) is 0.500. The van der Waals surface area contributed by atoms with Crippen LogP contribution in [0, 0.1) is 0 Å². The third kappa shape index (κ3) is 2.96. The van der Waals surface area contributed by atoms with Gasteiger partial charge in [-0.15, -0.1) is 0 Å². The van der Waals surface area contributed by atoms with Crippen LogP contribution in [0.15, 0.2) is 0 Å². The Morgan fingerprint density at radius 3 is 2.65 bits per heavy atom. The number of carbonyl (C=O) groups is 2. The van der Waals surface area contributed by atoms with E-state index in [2.05, 4.69) is 5.10 Å². The van der Waals surface area contributed by atoms with Crippen LogP contribution < -0.4 is 5.73 Å². The molecule has 3 N–H and O–H groups in total. The highest BCUT2D eigenvalue weighted by Gasteiger charge is 2.20. The normalized spacial score (nSPS) is 10.2. The number of ether oxygens (including phenoxy) is 1. The summed E-state index contributed by atoms with van der Waals surface area (Å²) in [7, 11) is 1.59. The molecule has 0 atom stereocenters. The molecule has 94 valence electrons. The van der Waals surface area contributed by atoms with Gasteiger partial charge in [0.05, 0.1) is 17.8 Å². The van der Waals surface area contributed by atoms with E-state index in [1.807, 2.05) is 6.92 Å². The molecule has 7 nitrogen and oxygen atoms in total. The molecule has 7 heteroatoms. The first-order valence-corrected chi connectivity index (χ1v) is 5.17. The molecule has 0 aliphatic rings. The lowest BCUT2D eigenvalue weighted by molar-refractivity contribution is -0.137. The second kappa shape index (κ2) is 5.33. The Labute approximate surface area is 98.2 Å². The minimum atomic E-state index is -1.02. The third-order valence-corrected chi connectivity index (χ3v) is 2.24. The van der Waals surface area contributed by atoms with E-state index in [1.54, 1.807) is 7.05 Å². The quantitative estimate of drug-likeness (QED) is 0.713. The maximum atomic E-state index is 11.6. The number of hydrogen-bond acceptors (Lipinski definition) is 5. The van der Waals surface area contributed by atoms with Crippen LogP contribution in [-0.4, -0.2) is 33.4 Å². The lowest BCUT2D eigenvalue weighted by atomic mass is 10.2. The minimum Gasteiger partial charge on any atom is -0.481 e. The van der Waals surface area contributed by atoms with Gasteiger partial charge in [-0.05, 0) is 6.42 Å². The molecule has 0 aromatic carbocycles. The van der Waals surface area contributed by atoms with Crippen molar-refractivity contribution in [1.82, 2.24) is 9.78 Å². The van der Waals surface area contributed by atoms with Crippen molar-refractivity contribution in [3.8, 4) is 0 Å². The van der Waals surface area contributed by atoms with Crippen molar-refractivity contribution in [1.29, 1.82) is 0 Å². The summed E-state index contributed by atoms with van der Waals surface area (Å²) in [5, 5.41) is 12.5. The van der Waals surface area contributed by atoms with Gasteiger partial charge in [-0.1, -0.05) is 6.92 Å². The van der Waals surface area contributed by atoms with Crippen molar-refractivity contribution in [3.05, 3.63) is 11.4 Å². The van der Waals surface area contributed by atoms with Gasteiger partial charge in [-0.25, -0.2) is 4.79 Å². The molecule has 1 rings (SSSR count). The van der Waals surface area contributed by atoms with Crippen molar-refractivity contribution in [3.63, 3.8) is 0 Å². The molecule has 0 radical (unpaired) electrons. The number of nitrogen functional groups attached to an aromatic ring is 1. The van der Waals surface area contributed by atoms with E-state index in [9.17, 15) is 9.59 Å². The number of aryl methyl sites for hydroxylation is 2. The van der Waals surface area contributed by atoms with E-state index in [0.717, 1.165) is 0 Å². The molecular weight excluding hydrogens is 226 g/mol. The highest BCUT2D eigenvalue weighted by Crippen LogP contribution is 2.17. The Hall–Kier alpha value is -2.05. The van der Waals surface area contributed by atoms with Crippen LogP contribution in [0.2, 0.25) is 0 Å². The Morgan fingerprint density at radius 2 is 2.18 bits per heavy atom. The summed E-state index contributed by atoms with van der Waals surface area (Å²) in [6, 6.07) is 0. The number of anilines is 1. The second-order valence-corrected chi connectivity index (χ2v) is 3.47. The Balaban J connectivity index is 2.75. The number of aromatic nitrogens is 2. The monoisotopic (exact) mass is 241 g/mol. The summed E-state index contributed by atoms with van der Waals surface area (Å²) >= 11 is 0. The van der Waals surface area contributed by atoms with Gasteiger partial charge < -0.3 is 15.6 Å². The van der Waals surface area contributed by atoms with Crippen LogP contribution in [0.25, 0.3) is 0 Å². The lowest BCUT2D eigenvalue weighted by Crippen LogP contribution is -2.14. The first-order valence-electron chi connectivity index (χ1n) is 5.17. The first kappa shape index (κ1) is 13.0. The molecule has 0 aliphatic heterocycles. The molecule has 17 heavy (non-hydrogen) atoms. The summed E-state index contributed by atoms with van der Waals surface area (Å²) in [6.45, 7) is 1.69. The summed E-state index contributed by atoms with van der Waals surface area (Å²) in [6.07, 6.45) is 0.381. The minimum absolute atomic E-state index is 0.159. The number of aliphatic carboxylic acids is 1. The van der Waals surface area contributed by atoms with E-state index in [-0.39, 0.29) is 24.4 Å². The molecular formula is C10H15N3O4. The van der Waals surface area contributed by atoms with Gasteiger partial charge in [0, 0.05) is 7.05 Å². The molecule has 0 amide bonds. The first-order chi connectivity index (χ1) is 7.97. The van der Waals surface area contributed by atoms with E-state index < -0.39 is 11.9 Å². The summed E-state index contributed by atoms with van der Waals surface area (Å²) < 4.78 is 6.14. The van der Waals surface area contributed by atoms with Gasteiger partial charge in [0.15, 0.2) is 5.69 Å². The molecule has 0 spiro atoms. The average molecular weight is 241 g/mol. The summed E-state index contributed by atoms with van der Waals surface area (Å²) in [5.74, 6) is -1.68. The smallest absolute Gasteiger partial charge is 0.358 e. The average Bonchev–Trinajstić information content (AvgIpc) is 2.53. The van der Waals surface area contributed by atoms with E-state index in [1.165, 1.54) is 4.68 Å². The number of esters is 1. The predicted octanol–water partition coefficient (Wildman–Crippen LogP) is 0.196. The van der Waals surface area contributed by atoms with Crippen molar-refractivity contribution >= 4 is 17.6 Å². The van der Waals surface area contributed by atoms with Crippen LogP contribution in [-0.2, 0) is 23.0 Å². The number of carboxylic acid groups (broad SMARTS) is 1. The zero-order valence-electron chi connectivity index (χ0n) is 9.77. The molecule has 0 bridgehead atoms. The van der Waals surface area contributed by atoms with Crippen molar-refractivity contribution in [2.75, 3.05) is 12.3 Å². The number of carbonyl (C=O) groups excluding carboxylic acids is 1. The molecule has 0 unspecified atom stereocenters. The predicted molar refractivity (Wildman–Crippen MR) is 59.5 cm³/mol. The highest BCUT2D eigenvalue weighted by molar-refractivity contribution is 5.93. The van der Waals surface area contributed by atoms with E-state index in [4.69, 9.17) is 15.6 Å². The largest absolute Gasteiger partial charge is 0.481 e. The lowest BCUT2D eigenvalue weighted by Gasteiger charge is -2.04. The fourth-order valence-electron chi connectivity index (χ4n) is 1.40. The van der Waals surface area contributed by atoms with E-state index in [0.29, 0.717) is 12.1 Å². The van der Waals surface area contributed by atoms with Crippen molar-refractivity contribution < 1.29 is 19.4 Å². The van der Waals surface area contributed by atoms with Crippen LogP contribution in [0.5, 0.6) is 0 Å². The van der Waals surface area contributed by atoms with Gasteiger partial charge >= 0.3 is 11.9 Å². The van der Waals surface area contributed by atoms with Crippen LogP contribution in [0.4, 0.5) is 5.69 Å². The van der Waals surface area contributed by atoms with Crippen LogP contribution in [0.1, 0.15) is 29.5 Å². The third-order valence-electron chi connectivity index (χ3n) is 2.24. The van der Waals surface area contributed by atoms with Crippen molar-refractivity contribution in [2.45, 2.75) is 19.8 Å². The molecule has 1 aromatic rings. The molecule has 1 heterocycles. The maximum Gasteiger partial charge on any atom is 0.358 e. The molecule has 0 aliphatic carbocycles. The van der Waals surface area contributed by atoms with Crippen LogP contribution in [0.3, 0.4) is 0 Å². The number of nitrogens with two attached hydrogens (primary N) is 1. The summed E-state index contributed by atoms with van der Waals surface area (Å²) in [4.78, 5) is 21.9. The van der Waals surface area contributed by atoms with Gasteiger partial charge in [0.1, 0.15) is 6.61 Å². The summed E-state index contributed by atoms with van der Waals surface area (Å²) in [5.41, 5.74) is 6.82. The molecule has 1 aromatic heterocycles. The second-order valence-electron chi connectivity index (χ2n) is 3.47. The fourth-order valence-corrected chi connectivity index (χ4v) is 1.40. The van der Waals surface area contributed by atoms with E-state index >= 15 is 0 Å². The molecule has 0 fully saturated rings. The molecule has 0 saturated carbocycles. The topological polar surface area (TPSA) is 107 Å². The van der Waals surface area contributed by atoms with Gasteiger partial charge in [-0.3, -0.25) is 9.48 Å². The van der Waals surface area contributed by atoms with Crippen molar-refractivity contribution in [2.24, 2.45) is 7.05 Å². The van der Waals surface area contributed by atoms with Gasteiger partial charge in [0.25, 0.3) is 0 Å². The number of carboxylic acids is 1. The SMILES string of the molecule is CCc1nn(C)c(C(=O)OCCC(=O)O)c1N. The molecule has 0 saturated heterocycles. The Bertz CT molecular complexity index is 439. The van der Waals surface area contributed by atoms with Gasteiger partial charge in [-0.2, -0.15) is 5.10 Å². The Morgan fingerprint density at radius 1 is 1.53 bits per heavy atom. The number of rotatable bonds is 5. The van der Waals surface area contributed by atoms with Crippen LogP contribution >= 0.6 is 0 Å². The maximum absolute atomic E-state index is 11.6. The standard InChI is InChI=1S/C10H15N3O4/c1-3-6-8(11)9(13(2)12-6)10(16)17-5-4-7(14)15/h3-5,11H2,1-2H3,(H,14,15).